The van der Waals surface area contributed by atoms with E-state index in [0.717, 1.165) is 4.90 Å². The number of guanidine groups is 1. The van der Waals surface area contributed by atoms with Crippen molar-refractivity contribution in [3.8, 4) is 5.75 Å². The van der Waals surface area contributed by atoms with Crippen molar-refractivity contribution < 1.29 is 39.2 Å². The van der Waals surface area contributed by atoms with Gasteiger partial charge in [0, 0.05) is 12.1 Å². The zero-order valence-corrected chi connectivity index (χ0v) is 20.1. The Morgan fingerprint density at radius 3 is 2.21 bits per heavy atom. The molecule has 0 saturated carbocycles. The number of nitrogens with zero attached hydrogens (tertiary/aromatic N) is 2. The summed E-state index contributed by atoms with van der Waals surface area (Å²) in [5, 5.41) is 27.8. The summed E-state index contributed by atoms with van der Waals surface area (Å²) in [5.41, 5.74) is 12.7. The van der Waals surface area contributed by atoms with Crippen LogP contribution in [0.25, 0.3) is 0 Å². The highest BCUT2D eigenvalue weighted by Gasteiger charge is 2.19. The number of hydrogen-bond donors (Lipinski definition) is 5. The second kappa shape index (κ2) is 12.9. The number of carboxylic acid groups (broad SMARTS) is 1. The van der Waals surface area contributed by atoms with Gasteiger partial charge in [-0.3, -0.25) is 9.69 Å². The lowest BCUT2D eigenvalue weighted by Crippen LogP contribution is -2.35. The van der Waals surface area contributed by atoms with Crippen LogP contribution in [0.5, 0.6) is 5.75 Å². The van der Waals surface area contributed by atoms with E-state index in [0.29, 0.717) is 16.8 Å². The van der Waals surface area contributed by atoms with Gasteiger partial charge in [0.05, 0.1) is 11.3 Å². The Balaban J connectivity index is 1.57. The molecule has 12 nitrogen and oxygen atoms in total. The number of benzene rings is 3. The van der Waals surface area contributed by atoms with Crippen LogP contribution in [0.1, 0.15) is 33.3 Å². The van der Waals surface area contributed by atoms with E-state index in [4.69, 9.17) is 20.9 Å². The lowest BCUT2D eigenvalue weighted by Gasteiger charge is -2.21. The minimum Gasteiger partial charge on any atom is -0.480 e. The number of carboxylic acids is 1. The first-order valence-corrected chi connectivity index (χ1v) is 11.2. The van der Waals surface area contributed by atoms with Crippen LogP contribution in [-0.2, 0) is 22.7 Å². The van der Waals surface area contributed by atoms with E-state index in [1.54, 1.807) is 36.4 Å². The molecule has 1 amide bonds. The van der Waals surface area contributed by atoms with Crippen molar-refractivity contribution in [3.63, 3.8) is 0 Å². The quantitative estimate of drug-likeness (QED) is 0.0863. The smallest absolute Gasteiger partial charge is 0.410 e. The van der Waals surface area contributed by atoms with Gasteiger partial charge in [0.1, 0.15) is 18.9 Å². The number of carbonyl (C=O) groups is 3. The molecular formula is C26H26N4O8. The number of aliphatic carboxylic acids is 1. The molecule has 0 fully saturated rings. The zero-order chi connectivity index (χ0) is 27.7. The third kappa shape index (κ3) is 8.33. The third-order valence-corrected chi connectivity index (χ3v) is 5.06. The Morgan fingerprint density at radius 1 is 0.921 bits per heavy atom. The van der Waals surface area contributed by atoms with Gasteiger partial charge >= 0.3 is 18.0 Å². The fourth-order valence-corrected chi connectivity index (χ4v) is 3.30. The lowest BCUT2D eigenvalue weighted by atomic mass is 10.1. The Hall–Kier alpha value is -4.94. The molecule has 0 radical (unpaired) electrons. The van der Waals surface area contributed by atoms with Crippen LogP contribution in [0.15, 0.2) is 77.8 Å². The number of esters is 1. The molecule has 12 heteroatoms. The highest BCUT2D eigenvalue weighted by atomic mass is 16.6. The molecular weight excluding hydrogens is 496 g/mol. The van der Waals surface area contributed by atoms with E-state index in [1.165, 1.54) is 36.4 Å². The predicted octanol–water partition coefficient (Wildman–Crippen LogP) is 2.02. The van der Waals surface area contributed by atoms with Crippen molar-refractivity contribution in [3.05, 3.63) is 95.1 Å². The van der Waals surface area contributed by atoms with Crippen molar-refractivity contribution in [2.45, 2.75) is 19.4 Å². The van der Waals surface area contributed by atoms with E-state index in [1.807, 2.05) is 0 Å². The number of aliphatic hydroxyl groups is 2. The van der Waals surface area contributed by atoms with Crippen LogP contribution >= 0.6 is 0 Å². The maximum atomic E-state index is 12.6. The molecule has 0 aliphatic rings. The highest BCUT2D eigenvalue weighted by Crippen LogP contribution is 2.18. The van der Waals surface area contributed by atoms with Gasteiger partial charge < -0.3 is 36.3 Å². The van der Waals surface area contributed by atoms with Crippen molar-refractivity contribution in [1.82, 2.24) is 4.90 Å². The number of rotatable bonds is 10. The Labute approximate surface area is 217 Å². The van der Waals surface area contributed by atoms with E-state index in [-0.39, 0.29) is 36.0 Å². The fraction of sp³-hybridized carbons (Fsp3) is 0.154. The molecule has 0 aliphatic heterocycles. The minimum absolute atomic E-state index is 0.103. The summed E-state index contributed by atoms with van der Waals surface area (Å²) in [6.07, 6.45) is -2.57. The molecule has 0 aliphatic carbocycles. The summed E-state index contributed by atoms with van der Waals surface area (Å²) in [6.45, 7) is -0.898. The SMILES string of the molecule is NC(N)=Nc1ccc(C(=O)Oc2ccc(COC(=O)N(CC(=O)O)Cc3cccc(C(O)O)c3)cc2)cc1. The van der Waals surface area contributed by atoms with Crippen LogP contribution in [-0.4, -0.2) is 50.8 Å². The third-order valence-electron chi connectivity index (χ3n) is 5.06. The van der Waals surface area contributed by atoms with Gasteiger partial charge in [-0.05, 0) is 53.6 Å². The molecule has 7 N–H and O–H groups in total. The van der Waals surface area contributed by atoms with Crippen LogP contribution in [0.2, 0.25) is 0 Å². The zero-order valence-electron chi connectivity index (χ0n) is 20.1. The average Bonchev–Trinajstić information content (AvgIpc) is 2.87. The van der Waals surface area contributed by atoms with Crippen LogP contribution < -0.4 is 16.2 Å². The number of carbonyl (C=O) groups excluding carboxylic acids is 2. The molecule has 0 bridgehead atoms. The number of nitrogens with two attached hydrogens (primary N) is 2. The van der Waals surface area contributed by atoms with Crippen molar-refractivity contribution >= 4 is 29.7 Å². The van der Waals surface area contributed by atoms with Gasteiger partial charge in [-0.1, -0.05) is 30.3 Å². The molecule has 3 aromatic carbocycles. The molecule has 3 aromatic rings. The van der Waals surface area contributed by atoms with Gasteiger partial charge in [-0.15, -0.1) is 0 Å². The summed E-state index contributed by atoms with van der Waals surface area (Å²) >= 11 is 0. The molecule has 198 valence electrons. The summed E-state index contributed by atoms with van der Waals surface area (Å²) in [7, 11) is 0. The molecule has 0 aromatic heterocycles. The van der Waals surface area contributed by atoms with Crippen LogP contribution in [0.3, 0.4) is 0 Å². The second-order valence-electron chi connectivity index (χ2n) is 8.04. The minimum atomic E-state index is -1.70. The van der Waals surface area contributed by atoms with E-state index in [9.17, 15) is 29.7 Å². The van der Waals surface area contributed by atoms with E-state index >= 15 is 0 Å². The summed E-state index contributed by atoms with van der Waals surface area (Å²) < 4.78 is 10.6. The van der Waals surface area contributed by atoms with Gasteiger partial charge in [0.25, 0.3) is 0 Å². The van der Waals surface area contributed by atoms with Crippen molar-refractivity contribution in [2.75, 3.05) is 6.54 Å². The molecule has 3 rings (SSSR count). The first-order chi connectivity index (χ1) is 18.1. The van der Waals surface area contributed by atoms with E-state index in [2.05, 4.69) is 4.99 Å². The molecule has 0 atom stereocenters. The van der Waals surface area contributed by atoms with E-state index < -0.39 is 30.9 Å². The van der Waals surface area contributed by atoms with Gasteiger partial charge in [0.2, 0.25) is 0 Å². The molecule has 0 spiro atoms. The fourth-order valence-electron chi connectivity index (χ4n) is 3.30. The normalized spacial score (nSPS) is 10.5. The molecule has 0 saturated heterocycles. The maximum Gasteiger partial charge on any atom is 0.410 e. The number of aliphatic hydroxyl groups excluding tert-OH is 1. The predicted molar refractivity (Wildman–Crippen MR) is 135 cm³/mol. The van der Waals surface area contributed by atoms with Gasteiger partial charge in [0.15, 0.2) is 12.2 Å². The number of amides is 1. The lowest BCUT2D eigenvalue weighted by molar-refractivity contribution is -0.138. The maximum absolute atomic E-state index is 12.6. The van der Waals surface area contributed by atoms with Crippen LogP contribution in [0.4, 0.5) is 10.5 Å². The Morgan fingerprint density at radius 2 is 1.61 bits per heavy atom. The average molecular weight is 523 g/mol. The summed E-state index contributed by atoms with van der Waals surface area (Å²) in [6, 6.07) is 18.5. The monoisotopic (exact) mass is 522 g/mol. The molecule has 38 heavy (non-hydrogen) atoms. The Bertz CT molecular complexity index is 1300. The highest BCUT2D eigenvalue weighted by molar-refractivity contribution is 5.91. The Kier molecular flexibility index (Phi) is 9.35. The standard InChI is InChI=1S/C26H26N4O8/c27-25(28)29-20-8-6-18(7-9-20)24(35)38-21-10-4-16(5-11-21)15-37-26(36)30(14-22(31)32)13-17-2-1-3-19(12-17)23(33)34/h1-12,23,33-34H,13-15H2,(H,31,32)(H4,27,28,29). The number of hydrogen-bond acceptors (Lipinski definition) is 8. The van der Waals surface area contributed by atoms with Crippen molar-refractivity contribution in [2.24, 2.45) is 16.5 Å². The first kappa shape index (κ1) is 27.6. The second-order valence-corrected chi connectivity index (χ2v) is 8.04. The topological polar surface area (TPSA) is 198 Å². The summed E-state index contributed by atoms with van der Waals surface area (Å²) in [5.74, 6) is -1.68. The number of aliphatic imine (C=N–C) groups is 1. The molecule has 0 heterocycles. The van der Waals surface area contributed by atoms with Gasteiger partial charge in [-0.2, -0.15) is 0 Å². The van der Waals surface area contributed by atoms with Crippen LogP contribution in [0, 0.1) is 0 Å². The van der Waals surface area contributed by atoms with Crippen molar-refractivity contribution in [1.29, 1.82) is 0 Å². The molecule has 0 unspecified atom stereocenters. The number of ether oxygens (including phenoxy) is 2. The van der Waals surface area contributed by atoms with Gasteiger partial charge in [-0.25, -0.2) is 14.6 Å². The first-order valence-electron chi connectivity index (χ1n) is 11.2. The summed E-state index contributed by atoms with van der Waals surface area (Å²) in [4.78, 5) is 41.0. The largest absolute Gasteiger partial charge is 0.480 e.